The molecule has 1 atom stereocenters. The van der Waals surface area contributed by atoms with Gasteiger partial charge in [-0.3, -0.25) is 14.4 Å². The Morgan fingerprint density at radius 3 is 0.725 bits per heavy atom. The molecule has 0 aromatic carbocycles. The smallest absolute Gasteiger partial charge is 0.306 e. The zero-order valence-electron chi connectivity index (χ0n) is 46.9. The molecule has 1 unspecified atom stereocenters. The Morgan fingerprint density at radius 2 is 0.478 bits per heavy atom. The molecule has 0 aromatic heterocycles. The first-order chi connectivity index (χ1) is 34.0. The van der Waals surface area contributed by atoms with Gasteiger partial charge in [-0.1, -0.05) is 303 Å². The highest BCUT2D eigenvalue weighted by atomic mass is 16.6. The Balaban J connectivity index is 3.94. The van der Waals surface area contributed by atoms with Crippen molar-refractivity contribution < 1.29 is 28.6 Å². The molecule has 0 fully saturated rings. The second kappa shape index (κ2) is 58.7. The maximum absolute atomic E-state index is 12.8. The summed E-state index contributed by atoms with van der Waals surface area (Å²) in [6, 6.07) is 0. The SMILES string of the molecule is CCCCCCCC/C=C\CCCCCCCC(=O)OC(COC(=O)CCCCCCCC)COC(=O)CCCCCCCCCCCCCCCCCCCCCCCCCCCCCCCC. The Hall–Kier alpha value is -1.85. The molecule has 0 spiro atoms. The second-order valence-electron chi connectivity index (χ2n) is 21.3. The molecule has 6 heteroatoms. The molecule has 0 radical (unpaired) electrons. The van der Waals surface area contributed by atoms with E-state index in [0.29, 0.717) is 19.3 Å². The minimum atomic E-state index is -0.767. The van der Waals surface area contributed by atoms with E-state index in [0.717, 1.165) is 64.2 Å². The van der Waals surface area contributed by atoms with E-state index < -0.39 is 6.10 Å². The zero-order valence-corrected chi connectivity index (χ0v) is 46.9. The van der Waals surface area contributed by atoms with Crippen molar-refractivity contribution in [3.05, 3.63) is 12.2 Å². The monoisotopic (exact) mass is 973 g/mol. The van der Waals surface area contributed by atoms with Gasteiger partial charge in [-0.15, -0.1) is 0 Å². The summed E-state index contributed by atoms with van der Waals surface area (Å²) in [5.74, 6) is -0.866. The van der Waals surface area contributed by atoms with Crippen LogP contribution in [-0.2, 0) is 28.6 Å². The first-order valence-corrected chi connectivity index (χ1v) is 31.2. The first kappa shape index (κ1) is 67.1. The van der Waals surface area contributed by atoms with E-state index >= 15 is 0 Å². The molecule has 0 aromatic rings. The molecule has 0 aliphatic heterocycles. The summed E-state index contributed by atoms with van der Waals surface area (Å²) >= 11 is 0. The van der Waals surface area contributed by atoms with Gasteiger partial charge in [0.2, 0.25) is 0 Å². The van der Waals surface area contributed by atoms with Gasteiger partial charge in [0.05, 0.1) is 0 Å². The fraction of sp³-hybridized carbons (Fsp3) is 0.921. The average molecular weight is 974 g/mol. The fourth-order valence-corrected chi connectivity index (χ4v) is 9.56. The van der Waals surface area contributed by atoms with Crippen LogP contribution in [0.3, 0.4) is 0 Å². The highest BCUT2D eigenvalue weighted by Gasteiger charge is 2.19. The van der Waals surface area contributed by atoms with Crippen LogP contribution in [-0.4, -0.2) is 37.2 Å². The molecule has 69 heavy (non-hydrogen) atoms. The molecule has 0 heterocycles. The molecule has 0 rings (SSSR count). The van der Waals surface area contributed by atoms with Crippen molar-refractivity contribution >= 4 is 17.9 Å². The summed E-state index contributed by atoms with van der Waals surface area (Å²) in [5.41, 5.74) is 0. The first-order valence-electron chi connectivity index (χ1n) is 31.2. The molecule has 408 valence electrons. The fourth-order valence-electron chi connectivity index (χ4n) is 9.56. The van der Waals surface area contributed by atoms with Crippen molar-refractivity contribution in [1.82, 2.24) is 0 Å². The van der Waals surface area contributed by atoms with Crippen molar-refractivity contribution in [2.45, 2.75) is 361 Å². The maximum Gasteiger partial charge on any atom is 0.306 e. The average Bonchev–Trinajstić information content (AvgIpc) is 3.35. The zero-order chi connectivity index (χ0) is 50.0. The molecule has 0 saturated carbocycles. The van der Waals surface area contributed by atoms with Crippen molar-refractivity contribution in [1.29, 1.82) is 0 Å². The van der Waals surface area contributed by atoms with Crippen LogP contribution in [0.4, 0.5) is 0 Å². The largest absolute Gasteiger partial charge is 0.462 e. The van der Waals surface area contributed by atoms with Crippen LogP contribution < -0.4 is 0 Å². The minimum absolute atomic E-state index is 0.0686. The standard InChI is InChI=1S/C63H120O6/c1-4-7-10-13-16-18-20-22-24-25-26-27-28-29-30-31-32-33-34-35-36-37-38-40-41-43-45-47-50-53-56-62(65)68-59-60(58-67-61(64)55-52-49-15-12-9-6-3)69-63(66)57-54-51-48-46-44-42-39-23-21-19-17-14-11-8-5-2/h23,39,60H,4-22,24-38,40-59H2,1-3H3/b39-23-. The third-order valence-corrected chi connectivity index (χ3v) is 14.3. The number of carbonyl (C=O) groups is 3. The molecule has 0 aliphatic carbocycles. The number of unbranched alkanes of at least 4 members (excludes halogenated alkanes) is 45. The summed E-state index contributed by atoms with van der Waals surface area (Å²) in [6.45, 7) is 6.62. The minimum Gasteiger partial charge on any atom is -0.462 e. The lowest BCUT2D eigenvalue weighted by Gasteiger charge is -2.18. The van der Waals surface area contributed by atoms with E-state index in [1.54, 1.807) is 0 Å². The van der Waals surface area contributed by atoms with Crippen LogP contribution in [0.1, 0.15) is 355 Å². The molecule has 0 amide bonds. The molecule has 0 aliphatic rings. The van der Waals surface area contributed by atoms with Crippen molar-refractivity contribution in [3.63, 3.8) is 0 Å². The van der Waals surface area contributed by atoms with Gasteiger partial charge < -0.3 is 14.2 Å². The van der Waals surface area contributed by atoms with Gasteiger partial charge in [0.15, 0.2) is 6.10 Å². The number of allylic oxidation sites excluding steroid dienone is 2. The predicted octanol–water partition coefficient (Wildman–Crippen LogP) is 20.9. The van der Waals surface area contributed by atoms with Crippen LogP contribution in [0.15, 0.2) is 12.2 Å². The highest BCUT2D eigenvalue weighted by Crippen LogP contribution is 2.18. The number of rotatable bonds is 58. The number of esters is 3. The van der Waals surface area contributed by atoms with E-state index in [2.05, 4.69) is 32.9 Å². The Labute approximate surface area is 431 Å². The summed E-state index contributed by atoms with van der Waals surface area (Å²) in [6.07, 6.45) is 68.4. The van der Waals surface area contributed by atoms with Crippen LogP contribution >= 0.6 is 0 Å². The summed E-state index contributed by atoms with van der Waals surface area (Å²) in [4.78, 5) is 37.9. The van der Waals surface area contributed by atoms with Crippen molar-refractivity contribution in [2.24, 2.45) is 0 Å². The lowest BCUT2D eigenvalue weighted by atomic mass is 10.0. The molecule has 0 N–H and O–H groups in total. The number of carbonyl (C=O) groups excluding carboxylic acids is 3. The van der Waals surface area contributed by atoms with Crippen LogP contribution in [0.2, 0.25) is 0 Å². The van der Waals surface area contributed by atoms with E-state index in [9.17, 15) is 14.4 Å². The topological polar surface area (TPSA) is 78.9 Å². The summed E-state index contributed by atoms with van der Waals surface area (Å²) in [5, 5.41) is 0. The normalized spacial score (nSPS) is 12.0. The van der Waals surface area contributed by atoms with Gasteiger partial charge in [-0.25, -0.2) is 0 Å². The van der Waals surface area contributed by atoms with Gasteiger partial charge in [-0.2, -0.15) is 0 Å². The third kappa shape index (κ3) is 56.9. The van der Waals surface area contributed by atoms with Crippen molar-refractivity contribution in [2.75, 3.05) is 13.2 Å². The number of ether oxygens (including phenoxy) is 3. The van der Waals surface area contributed by atoms with E-state index in [1.165, 1.54) is 250 Å². The van der Waals surface area contributed by atoms with Gasteiger partial charge in [0.1, 0.15) is 13.2 Å². The van der Waals surface area contributed by atoms with E-state index in [-0.39, 0.29) is 31.1 Å². The highest BCUT2D eigenvalue weighted by molar-refractivity contribution is 5.71. The van der Waals surface area contributed by atoms with E-state index in [4.69, 9.17) is 14.2 Å². The Morgan fingerprint density at radius 1 is 0.275 bits per heavy atom. The van der Waals surface area contributed by atoms with Crippen molar-refractivity contribution in [3.8, 4) is 0 Å². The molecule has 6 nitrogen and oxygen atoms in total. The third-order valence-electron chi connectivity index (χ3n) is 14.3. The van der Waals surface area contributed by atoms with Crippen LogP contribution in [0.5, 0.6) is 0 Å². The van der Waals surface area contributed by atoms with Gasteiger partial charge in [0.25, 0.3) is 0 Å². The maximum atomic E-state index is 12.8. The van der Waals surface area contributed by atoms with Crippen LogP contribution in [0, 0.1) is 0 Å². The van der Waals surface area contributed by atoms with Crippen LogP contribution in [0.25, 0.3) is 0 Å². The predicted molar refractivity (Wildman–Crippen MR) is 298 cm³/mol. The molecular formula is C63H120O6. The van der Waals surface area contributed by atoms with E-state index in [1.807, 2.05) is 0 Å². The Kier molecular flexibility index (Phi) is 57.1. The summed E-state index contributed by atoms with van der Waals surface area (Å²) in [7, 11) is 0. The summed E-state index contributed by atoms with van der Waals surface area (Å²) < 4.78 is 16.8. The molecule has 0 bridgehead atoms. The van der Waals surface area contributed by atoms with Gasteiger partial charge in [-0.05, 0) is 44.9 Å². The lowest BCUT2D eigenvalue weighted by Crippen LogP contribution is -2.30. The quantitative estimate of drug-likeness (QED) is 0.0261. The Bertz CT molecular complexity index is 1070. The molecular weight excluding hydrogens is 853 g/mol. The van der Waals surface area contributed by atoms with Gasteiger partial charge >= 0.3 is 17.9 Å². The lowest BCUT2D eigenvalue weighted by molar-refractivity contribution is -0.167. The second-order valence-corrected chi connectivity index (χ2v) is 21.3. The number of hydrogen-bond acceptors (Lipinski definition) is 6. The number of hydrogen-bond donors (Lipinski definition) is 0. The van der Waals surface area contributed by atoms with Gasteiger partial charge in [0, 0.05) is 19.3 Å². The molecule has 0 saturated heterocycles.